The summed E-state index contributed by atoms with van der Waals surface area (Å²) in [4.78, 5) is 95.1. The highest BCUT2D eigenvalue weighted by Gasteiger charge is 2.40. The van der Waals surface area contributed by atoms with E-state index >= 15 is 0 Å². The number of carbonyl (C=O) groups excluding carboxylic acids is 6. The van der Waals surface area contributed by atoms with E-state index in [9.17, 15) is 38.7 Å². The van der Waals surface area contributed by atoms with Crippen molar-refractivity contribution in [2.75, 3.05) is 6.54 Å². The van der Waals surface area contributed by atoms with Crippen LogP contribution in [0.4, 0.5) is 0 Å². The van der Waals surface area contributed by atoms with Crippen molar-refractivity contribution < 1.29 is 38.7 Å². The van der Waals surface area contributed by atoms with Gasteiger partial charge in [0, 0.05) is 25.8 Å². The van der Waals surface area contributed by atoms with Gasteiger partial charge < -0.3 is 42.7 Å². The minimum Gasteiger partial charge on any atom is -0.480 e. The second-order valence-corrected chi connectivity index (χ2v) is 14.8. The summed E-state index contributed by atoms with van der Waals surface area (Å²) in [6.07, 6.45) is 0.227. The first kappa shape index (κ1) is 44.2. The Morgan fingerprint density at radius 1 is 0.567 bits per heavy atom. The van der Waals surface area contributed by atoms with Crippen LogP contribution in [0.1, 0.15) is 41.5 Å². The molecule has 0 unspecified atom stereocenters. The van der Waals surface area contributed by atoms with Crippen LogP contribution in [0.5, 0.6) is 0 Å². The van der Waals surface area contributed by atoms with E-state index < -0.39 is 84.1 Å². The zero-order valence-electron chi connectivity index (χ0n) is 33.1. The lowest BCUT2D eigenvalue weighted by Gasteiger charge is -2.30. The SMILES string of the molecule is NC(=O)C[C@H](NC(=O)[C@H](Cc1ccccc1)NC(=O)[C@H](Cc1ccccc1)NC(=O)[C@@H](N)Cc1ccccc1)C(=O)N1CCC[C@H]1C(=O)N[C@@H](Cc1ccccc1)C(=O)O. The molecule has 1 aliphatic rings. The minimum absolute atomic E-state index is 0.00778. The van der Waals surface area contributed by atoms with Crippen molar-refractivity contribution in [2.45, 2.75) is 81.2 Å². The highest BCUT2D eigenvalue weighted by molar-refractivity contribution is 5.98. The summed E-state index contributed by atoms with van der Waals surface area (Å²) in [5, 5.41) is 20.5. The average molecular weight is 818 g/mol. The molecule has 60 heavy (non-hydrogen) atoms. The molecule has 1 saturated heterocycles. The third-order valence-corrected chi connectivity index (χ3v) is 10.2. The van der Waals surface area contributed by atoms with Gasteiger partial charge in [-0.15, -0.1) is 0 Å². The molecule has 0 spiro atoms. The first-order chi connectivity index (χ1) is 28.9. The van der Waals surface area contributed by atoms with Gasteiger partial charge in [0.1, 0.15) is 30.2 Å². The number of benzene rings is 4. The zero-order valence-corrected chi connectivity index (χ0v) is 33.1. The maximum Gasteiger partial charge on any atom is 0.326 e. The van der Waals surface area contributed by atoms with Gasteiger partial charge in [-0.3, -0.25) is 28.8 Å². The Labute approximate surface area is 348 Å². The fraction of sp³-hybridized carbons (Fsp3) is 0.311. The first-order valence-electron chi connectivity index (χ1n) is 19.8. The predicted octanol–water partition coefficient (Wildman–Crippen LogP) is 1.17. The van der Waals surface area contributed by atoms with E-state index in [0.29, 0.717) is 17.5 Å². The Bertz CT molecular complexity index is 2090. The number of nitrogens with zero attached hydrogens (tertiary/aromatic N) is 1. The Morgan fingerprint density at radius 3 is 1.40 bits per heavy atom. The minimum atomic E-state index is -1.53. The number of nitrogens with one attached hydrogen (secondary N) is 4. The molecule has 0 saturated carbocycles. The quantitative estimate of drug-likeness (QED) is 0.0677. The van der Waals surface area contributed by atoms with E-state index in [1.54, 1.807) is 84.9 Å². The second kappa shape index (κ2) is 21.8. The number of amides is 6. The lowest BCUT2D eigenvalue weighted by Crippen LogP contribution is -2.60. The number of aliphatic carboxylic acids is 1. The largest absolute Gasteiger partial charge is 0.480 e. The number of primary amides is 1. The Balaban J connectivity index is 1.34. The molecule has 0 aliphatic carbocycles. The number of rotatable bonds is 20. The van der Waals surface area contributed by atoms with E-state index in [0.717, 1.165) is 11.1 Å². The van der Waals surface area contributed by atoms with Gasteiger partial charge in [-0.25, -0.2) is 4.79 Å². The lowest BCUT2D eigenvalue weighted by molar-refractivity contribution is -0.145. The summed E-state index contributed by atoms with van der Waals surface area (Å²) < 4.78 is 0. The normalized spacial score (nSPS) is 15.9. The van der Waals surface area contributed by atoms with E-state index in [-0.39, 0.29) is 38.6 Å². The van der Waals surface area contributed by atoms with Crippen LogP contribution in [-0.2, 0) is 59.2 Å². The van der Waals surface area contributed by atoms with Crippen molar-refractivity contribution in [1.82, 2.24) is 26.2 Å². The number of carboxylic acid groups (broad SMARTS) is 1. The summed E-state index contributed by atoms with van der Waals surface area (Å²) >= 11 is 0. The highest BCUT2D eigenvalue weighted by Crippen LogP contribution is 2.20. The summed E-state index contributed by atoms with van der Waals surface area (Å²) in [7, 11) is 0. The number of carbonyl (C=O) groups is 7. The maximum absolute atomic E-state index is 14.2. The summed E-state index contributed by atoms with van der Waals surface area (Å²) in [5.41, 5.74) is 14.7. The van der Waals surface area contributed by atoms with Gasteiger partial charge in [0.25, 0.3) is 0 Å². The number of hydrogen-bond acceptors (Lipinski definition) is 8. The van der Waals surface area contributed by atoms with Crippen molar-refractivity contribution in [3.05, 3.63) is 144 Å². The van der Waals surface area contributed by atoms with Crippen LogP contribution in [0.3, 0.4) is 0 Å². The Morgan fingerprint density at radius 2 is 0.967 bits per heavy atom. The Hall–Kier alpha value is -6.87. The molecule has 0 aromatic heterocycles. The fourth-order valence-electron chi connectivity index (χ4n) is 7.12. The van der Waals surface area contributed by atoms with Crippen molar-refractivity contribution in [2.24, 2.45) is 11.5 Å². The summed E-state index contributed by atoms with van der Waals surface area (Å²) in [6, 6.07) is 28.3. The number of carboxylic acids is 1. The standard InChI is InChI=1S/C45H51N7O8/c46-33(24-29-14-5-1-6-15-29)40(54)48-34(25-30-16-7-2-8-17-30)41(55)49-35(26-31-18-9-3-10-19-31)42(56)50-36(28-39(47)53)44(58)52-23-13-22-38(52)43(57)51-37(45(59)60)27-32-20-11-4-12-21-32/h1-12,14-21,33-38H,13,22-28,46H2,(H2,47,53)(H,48,54)(H,49,55)(H,50,56)(H,51,57)(H,59,60)/t33-,34-,35-,36-,37-,38-/m0/s1. The highest BCUT2D eigenvalue weighted by atomic mass is 16.4. The number of nitrogens with two attached hydrogens (primary N) is 2. The van der Waals surface area contributed by atoms with Gasteiger partial charge in [-0.05, 0) is 41.5 Å². The van der Waals surface area contributed by atoms with Gasteiger partial charge >= 0.3 is 5.97 Å². The molecule has 15 heteroatoms. The molecule has 0 bridgehead atoms. The molecular formula is C45H51N7O8. The third kappa shape index (κ3) is 13.1. The third-order valence-electron chi connectivity index (χ3n) is 10.2. The molecule has 4 aromatic carbocycles. The van der Waals surface area contributed by atoms with E-state index in [1.807, 2.05) is 36.4 Å². The molecule has 4 aromatic rings. The van der Waals surface area contributed by atoms with E-state index in [4.69, 9.17) is 11.5 Å². The van der Waals surface area contributed by atoms with E-state index in [1.165, 1.54) is 4.90 Å². The van der Waals surface area contributed by atoms with Crippen molar-refractivity contribution in [3.63, 3.8) is 0 Å². The van der Waals surface area contributed by atoms with Crippen molar-refractivity contribution in [3.8, 4) is 0 Å². The molecule has 9 N–H and O–H groups in total. The molecule has 0 radical (unpaired) electrons. The molecular weight excluding hydrogens is 767 g/mol. The van der Waals surface area contributed by atoms with Crippen molar-refractivity contribution in [1.29, 1.82) is 0 Å². The van der Waals surface area contributed by atoms with Crippen LogP contribution in [0, 0.1) is 0 Å². The lowest BCUT2D eigenvalue weighted by atomic mass is 10.0. The maximum atomic E-state index is 14.2. The van der Waals surface area contributed by atoms with Crippen LogP contribution in [0.15, 0.2) is 121 Å². The molecule has 5 rings (SSSR count). The van der Waals surface area contributed by atoms with Crippen LogP contribution in [0.25, 0.3) is 0 Å². The molecule has 1 fully saturated rings. The second-order valence-electron chi connectivity index (χ2n) is 14.8. The smallest absolute Gasteiger partial charge is 0.326 e. The Kier molecular flexibility index (Phi) is 16.0. The number of hydrogen-bond donors (Lipinski definition) is 7. The zero-order chi connectivity index (χ0) is 43.0. The van der Waals surface area contributed by atoms with Crippen LogP contribution >= 0.6 is 0 Å². The molecule has 1 heterocycles. The first-order valence-corrected chi connectivity index (χ1v) is 19.8. The number of likely N-dealkylation sites (tertiary alicyclic amines) is 1. The van der Waals surface area contributed by atoms with Crippen LogP contribution < -0.4 is 32.7 Å². The molecule has 314 valence electrons. The van der Waals surface area contributed by atoms with Gasteiger partial charge in [0.15, 0.2) is 0 Å². The topological polar surface area (TPSA) is 243 Å². The summed E-state index contributed by atoms with van der Waals surface area (Å²) in [5.74, 6) is -5.75. The molecule has 1 aliphatic heterocycles. The average Bonchev–Trinajstić information content (AvgIpc) is 3.74. The van der Waals surface area contributed by atoms with Crippen molar-refractivity contribution >= 4 is 41.4 Å². The molecule has 6 atom stereocenters. The monoisotopic (exact) mass is 817 g/mol. The summed E-state index contributed by atoms with van der Waals surface area (Å²) in [6.45, 7) is 0.0932. The molecule has 15 nitrogen and oxygen atoms in total. The van der Waals surface area contributed by atoms with Gasteiger partial charge in [-0.2, -0.15) is 0 Å². The van der Waals surface area contributed by atoms with Gasteiger partial charge in [0.2, 0.25) is 35.4 Å². The van der Waals surface area contributed by atoms with Crippen LogP contribution in [-0.4, -0.2) is 94.2 Å². The van der Waals surface area contributed by atoms with Crippen LogP contribution in [0.2, 0.25) is 0 Å². The molecule has 6 amide bonds. The predicted molar refractivity (Wildman–Crippen MR) is 222 cm³/mol. The van der Waals surface area contributed by atoms with E-state index in [2.05, 4.69) is 21.3 Å². The van der Waals surface area contributed by atoms with Gasteiger partial charge in [-0.1, -0.05) is 121 Å². The fourth-order valence-corrected chi connectivity index (χ4v) is 7.12. The van der Waals surface area contributed by atoms with Gasteiger partial charge in [0.05, 0.1) is 12.5 Å².